The van der Waals surface area contributed by atoms with Gasteiger partial charge in [0.1, 0.15) is 5.75 Å². The van der Waals surface area contributed by atoms with Crippen molar-refractivity contribution >= 4 is 29.9 Å². The second-order valence-electron chi connectivity index (χ2n) is 5.09. The fourth-order valence-corrected chi connectivity index (χ4v) is 2.47. The summed E-state index contributed by atoms with van der Waals surface area (Å²) in [6, 6.07) is 8.15. The lowest BCUT2D eigenvalue weighted by Gasteiger charge is -2.26. The van der Waals surface area contributed by atoms with E-state index in [9.17, 15) is 0 Å². The van der Waals surface area contributed by atoms with Crippen LogP contribution in [0.3, 0.4) is 0 Å². The number of para-hydroxylation sites is 1. The van der Waals surface area contributed by atoms with Crippen LogP contribution in [0.1, 0.15) is 23.7 Å². The van der Waals surface area contributed by atoms with Crippen LogP contribution < -0.4 is 15.8 Å². The molecule has 0 saturated carbocycles. The second kappa shape index (κ2) is 8.66. The summed E-state index contributed by atoms with van der Waals surface area (Å²) in [6.45, 7) is 1.27. The predicted molar refractivity (Wildman–Crippen MR) is 100 cm³/mol. The predicted octanol–water partition coefficient (Wildman–Crippen LogP) is 2.07. The van der Waals surface area contributed by atoms with Gasteiger partial charge in [0.2, 0.25) is 0 Å². The number of fused-ring (bicyclic) bond motifs is 1. The number of hydrogen-bond acceptors (Lipinski definition) is 4. The molecule has 1 aliphatic rings. The van der Waals surface area contributed by atoms with Gasteiger partial charge < -0.3 is 15.8 Å². The maximum absolute atomic E-state index is 5.99. The van der Waals surface area contributed by atoms with Crippen molar-refractivity contribution in [2.45, 2.75) is 18.9 Å². The van der Waals surface area contributed by atoms with Gasteiger partial charge >= 0.3 is 0 Å². The topological polar surface area (TPSA) is 85.4 Å². The molecule has 0 spiro atoms. The smallest absolute Gasteiger partial charge is 0.189 e. The van der Waals surface area contributed by atoms with E-state index < -0.39 is 0 Å². The molecule has 0 radical (unpaired) electrons. The van der Waals surface area contributed by atoms with Crippen molar-refractivity contribution in [3.05, 3.63) is 54.1 Å². The zero-order chi connectivity index (χ0) is 15.2. The molecule has 0 aliphatic carbocycles. The molecule has 1 atom stereocenters. The lowest BCUT2D eigenvalue weighted by Crippen LogP contribution is -2.37. The van der Waals surface area contributed by atoms with E-state index >= 15 is 0 Å². The van der Waals surface area contributed by atoms with Crippen LogP contribution in [0.5, 0.6) is 5.75 Å². The lowest BCUT2D eigenvalue weighted by atomic mass is 10.0. The van der Waals surface area contributed by atoms with Crippen molar-refractivity contribution < 1.29 is 4.74 Å². The summed E-state index contributed by atoms with van der Waals surface area (Å²) >= 11 is 0. The van der Waals surface area contributed by atoms with Crippen molar-refractivity contribution in [1.82, 2.24) is 15.3 Å². The Bertz CT molecular complexity index is 650. The number of aliphatic imine (C=N–C) groups is 1. The first-order valence-electron chi connectivity index (χ1n) is 7.36. The van der Waals surface area contributed by atoms with E-state index in [2.05, 4.69) is 26.3 Å². The SMILES string of the molecule is I.NC(=NCCc1cnccn1)NC1CCOc2ccccc21. The first-order valence-corrected chi connectivity index (χ1v) is 7.36. The maximum atomic E-state index is 5.99. The molecule has 3 rings (SSSR count). The minimum absolute atomic E-state index is 0. The van der Waals surface area contributed by atoms with E-state index in [1.165, 1.54) is 0 Å². The van der Waals surface area contributed by atoms with Gasteiger partial charge in [-0.25, -0.2) is 0 Å². The Kier molecular flexibility index (Phi) is 6.57. The Morgan fingerprint density at radius 1 is 1.35 bits per heavy atom. The van der Waals surface area contributed by atoms with Gasteiger partial charge in [-0.1, -0.05) is 18.2 Å². The molecule has 3 N–H and O–H groups in total. The molecule has 1 aromatic heterocycles. The van der Waals surface area contributed by atoms with Crippen molar-refractivity contribution in [3.8, 4) is 5.75 Å². The Hall–Kier alpha value is -1.90. The highest BCUT2D eigenvalue weighted by Gasteiger charge is 2.21. The summed E-state index contributed by atoms with van der Waals surface area (Å²) in [5.74, 6) is 1.37. The van der Waals surface area contributed by atoms with E-state index in [-0.39, 0.29) is 30.0 Å². The first kappa shape index (κ1) is 17.5. The molecule has 122 valence electrons. The number of rotatable bonds is 4. The fraction of sp³-hybridized carbons (Fsp3) is 0.312. The van der Waals surface area contributed by atoms with Gasteiger partial charge in [-0.2, -0.15) is 0 Å². The minimum atomic E-state index is 0. The van der Waals surface area contributed by atoms with E-state index in [4.69, 9.17) is 10.5 Å². The Balaban J connectivity index is 0.00000192. The zero-order valence-electron chi connectivity index (χ0n) is 12.7. The van der Waals surface area contributed by atoms with E-state index in [1.54, 1.807) is 18.6 Å². The number of hydrogen-bond donors (Lipinski definition) is 2. The molecule has 2 heterocycles. The molecule has 1 unspecified atom stereocenters. The quantitative estimate of drug-likeness (QED) is 0.445. The van der Waals surface area contributed by atoms with Crippen LogP contribution in [0.2, 0.25) is 0 Å². The molecule has 0 amide bonds. The Morgan fingerprint density at radius 2 is 2.22 bits per heavy atom. The number of guanidine groups is 1. The lowest BCUT2D eigenvalue weighted by molar-refractivity contribution is 0.262. The highest BCUT2D eigenvalue weighted by atomic mass is 127. The van der Waals surface area contributed by atoms with Crippen LogP contribution in [0.25, 0.3) is 0 Å². The third-order valence-corrected chi connectivity index (χ3v) is 3.55. The molecule has 0 saturated heterocycles. The third kappa shape index (κ3) is 4.78. The Labute approximate surface area is 152 Å². The Morgan fingerprint density at radius 3 is 3.04 bits per heavy atom. The van der Waals surface area contributed by atoms with Crippen LogP contribution in [-0.2, 0) is 6.42 Å². The van der Waals surface area contributed by atoms with Crippen LogP contribution in [0.4, 0.5) is 0 Å². The largest absolute Gasteiger partial charge is 0.493 e. The van der Waals surface area contributed by atoms with Gasteiger partial charge in [0, 0.05) is 43.5 Å². The number of benzene rings is 1. The summed E-state index contributed by atoms with van der Waals surface area (Å²) in [6.07, 6.45) is 6.68. The fourth-order valence-electron chi connectivity index (χ4n) is 2.47. The molecular formula is C16H20IN5O. The first-order chi connectivity index (χ1) is 10.8. The van der Waals surface area contributed by atoms with Crippen LogP contribution in [0, 0.1) is 0 Å². The molecule has 23 heavy (non-hydrogen) atoms. The average Bonchev–Trinajstić information content (AvgIpc) is 2.56. The number of nitrogens with one attached hydrogen (secondary N) is 1. The summed E-state index contributed by atoms with van der Waals surface area (Å²) < 4.78 is 5.64. The van der Waals surface area contributed by atoms with Gasteiger partial charge in [0.05, 0.1) is 18.3 Å². The maximum Gasteiger partial charge on any atom is 0.189 e. The molecule has 0 bridgehead atoms. The van der Waals surface area contributed by atoms with Crippen LogP contribution in [0.15, 0.2) is 47.8 Å². The number of ether oxygens (including phenoxy) is 1. The number of nitrogens with two attached hydrogens (primary N) is 1. The van der Waals surface area contributed by atoms with Crippen LogP contribution >= 0.6 is 24.0 Å². The number of aromatic nitrogens is 2. The summed E-state index contributed by atoms with van der Waals surface area (Å²) in [4.78, 5) is 12.6. The normalized spacial score (nSPS) is 16.7. The van der Waals surface area contributed by atoms with Crippen molar-refractivity contribution in [2.75, 3.05) is 13.2 Å². The highest BCUT2D eigenvalue weighted by molar-refractivity contribution is 14.0. The van der Waals surface area contributed by atoms with Gasteiger partial charge in [-0.3, -0.25) is 15.0 Å². The van der Waals surface area contributed by atoms with Gasteiger partial charge in [0.25, 0.3) is 0 Å². The van der Waals surface area contributed by atoms with Gasteiger partial charge in [0.15, 0.2) is 5.96 Å². The number of nitrogens with zero attached hydrogens (tertiary/aromatic N) is 3. The zero-order valence-corrected chi connectivity index (χ0v) is 15.0. The highest BCUT2D eigenvalue weighted by Crippen LogP contribution is 2.31. The molecule has 7 heteroatoms. The monoisotopic (exact) mass is 425 g/mol. The molecule has 6 nitrogen and oxygen atoms in total. The van der Waals surface area contributed by atoms with E-state index in [0.29, 0.717) is 19.1 Å². The third-order valence-electron chi connectivity index (χ3n) is 3.55. The molecular weight excluding hydrogens is 405 g/mol. The molecule has 0 fully saturated rings. The number of halogens is 1. The van der Waals surface area contributed by atoms with Crippen molar-refractivity contribution in [3.63, 3.8) is 0 Å². The summed E-state index contributed by atoms with van der Waals surface area (Å²) in [5, 5.41) is 3.27. The summed E-state index contributed by atoms with van der Waals surface area (Å²) in [5.41, 5.74) is 8.03. The second-order valence-corrected chi connectivity index (χ2v) is 5.09. The average molecular weight is 425 g/mol. The summed E-state index contributed by atoms with van der Waals surface area (Å²) in [7, 11) is 0. The van der Waals surface area contributed by atoms with Crippen molar-refractivity contribution in [2.24, 2.45) is 10.7 Å². The molecule has 1 aliphatic heterocycles. The van der Waals surface area contributed by atoms with Crippen LogP contribution in [-0.4, -0.2) is 29.1 Å². The van der Waals surface area contributed by atoms with Gasteiger partial charge in [-0.05, 0) is 6.07 Å². The van der Waals surface area contributed by atoms with Crippen molar-refractivity contribution in [1.29, 1.82) is 0 Å². The van der Waals surface area contributed by atoms with E-state index in [0.717, 1.165) is 29.8 Å². The van der Waals surface area contributed by atoms with E-state index in [1.807, 2.05) is 18.2 Å². The standard InChI is InChI=1S/C16H19N5O.HI/c17-16(20-7-5-12-11-18-8-9-19-12)21-14-6-10-22-15-4-2-1-3-13(14)15;/h1-4,8-9,11,14H,5-7,10H2,(H3,17,20,21);1H. The molecule has 2 aromatic rings. The van der Waals surface area contributed by atoms with Gasteiger partial charge in [-0.15, -0.1) is 24.0 Å². The minimum Gasteiger partial charge on any atom is -0.493 e. The molecule has 1 aromatic carbocycles.